The van der Waals surface area contributed by atoms with Gasteiger partial charge in [-0.05, 0) is 38.6 Å². The molecule has 1 unspecified atom stereocenters. The maximum Gasteiger partial charge on any atom is 0.320 e. The van der Waals surface area contributed by atoms with E-state index >= 15 is 0 Å². The molecule has 2 heterocycles. The molecule has 1 atom stereocenters. The maximum absolute atomic E-state index is 12.3. The van der Waals surface area contributed by atoms with E-state index < -0.39 is 0 Å². The molecule has 17 heavy (non-hydrogen) atoms. The van der Waals surface area contributed by atoms with Gasteiger partial charge in [-0.3, -0.25) is 0 Å². The highest BCUT2D eigenvalue weighted by Gasteiger charge is 2.27. The Morgan fingerprint density at radius 1 is 1.12 bits per heavy atom. The topological polar surface area (TPSA) is 35.6 Å². The number of amides is 2. The predicted molar refractivity (Wildman–Crippen MR) is 69.1 cm³/mol. The molecule has 0 aromatic rings. The third kappa shape index (κ3) is 3.35. The summed E-state index contributed by atoms with van der Waals surface area (Å²) in [6.45, 7) is 6.88. The van der Waals surface area contributed by atoms with Gasteiger partial charge in [0.2, 0.25) is 0 Å². The number of nitrogens with zero attached hydrogens (tertiary/aromatic N) is 2. The van der Waals surface area contributed by atoms with Crippen LogP contribution in [-0.4, -0.2) is 54.6 Å². The number of carbonyl (C=O) groups is 1. The smallest absolute Gasteiger partial charge is 0.320 e. The van der Waals surface area contributed by atoms with Crippen molar-refractivity contribution in [3.63, 3.8) is 0 Å². The van der Waals surface area contributed by atoms with E-state index in [0.717, 1.165) is 39.1 Å². The van der Waals surface area contributed by atoms with Gasteiger partial charge in [0.05, 0.1) is 0 Å². The van der Waals surface area contributed by atoms with Crippen LogP contribution in [0.4, 0.5) is 4.79 Å². The summed E-state index contributed by atoms with van der Waals surface area (Å²) in [7, 11) is 0. The average molecular weight is 239 g/mol. The van der Waals surface area contributed by atoms with E-state index in [1.807, 2.05) is 9.80 Å². The summed E-state index contributed by atoms with van der Waals surface area (Å²) in [5, 5.41) is 3.46. The third-order valence-electron chi connectivity index (χ3n) is 3.81. The van der Waals surface area contributed by atoms with E-state index in [0.29, 0.717) is 6.04 Å². The zero-order chi connectivity index (χ0) is 12.1. The van der Waals surface area contributed by atoms with Crippen molar-refractivity contribution in [1.82, 2.24) is 15.1 Å². The van der Waals surface area contributed by atoms with Crippen LogP contribution < -0.4 is 5.32 Å². The molecular formula is C13H25N3O. The highest BCUT2D eigenvalue weighted by Crippen LogP contribution is 2.15. The van der Waals surface area contributed by atoms with Crippen molar-refractivity contribution in [2.75, 3.05) is 32.7 Å². The van der Waals surface area contributed by atoms with Crippen molar-refractivity contribution >= 4 is 6.03 Å². The highest BCUT2D eigenvalue weighted by atomic mass is 16.2. The Morgan fingerprint density at radius 3 is 2.53 bits per heavy atom. The van der Waals surface area contributed by atoms with Crippen molar-refractivity contribution in [3.05, 3.63) is 0 Å². The molecule has 2 aliphatic heterocycles. The molecular weight excluding hydrogens is 214 g/mol. The summed E-state index contributed by atoms with van der Waals surface area (Å²) in [6.07, 6.45) is 5.98. The first kappa shape index (κ1) is 12.7. The van der Waals surface area contributed by atoms with Gasteiger partial charge in [0, 0.05) is 32.2 Å². The van der Waals surface area contributed by atoms with Crippen LogP contribution in [0.15, 0.2) is 0 Å². The molecule has 2 saturated heterocycles. The second-order valence-electron chi connectivity index (χ2n) is 5.17. The van der Waals surface area contributed by atoms with Gasteiger partial charge < -0.3 is 15.1 Å². The first-order valence-electron chi connectivity index (χ1n) is 7.08. The second kappa shape index (κ2) is 6.24. The number of likely N-dealkylation sites (tertiary alicyclic amines) is 2. The quantitative estimate of drug-likeness (QED) is 0.795. The molecule has 2 rings (SSSR count). The molecule has 0 aliphatic carbocycles. The molecule has 98 valence electrons. The number of piperidine rings is 2. The Hall–Kier alpha value is -0.770. The van der Waals surface area contributed by atoms with E-state index in [9.17, 15) is 4.79 Å². The Morgan fingerprint density at radius 2 is 1.82 bits per heavy atom. The molecule has 0 saturated carbocycles. The van der Waals surface area contributed by atoms with Crippen LogP contribution in [-0.2, 0) is 0 Å². The molecule has 4 nitrogen and oxygen atoms in total. The van der Waals surface area contributed by atoms with Crippen molar-refractivity contribution in [3.8, 4) is 0 Å². The number of urea groups is 1. The molecule has 0 aromatic carbocycles. The van der Waals surface area contributed by atoms with Crippen LogP contribution in [0.2, 0.25) is 0 Å². The van der Waals surface area contributed by atoms with E-state index in [1.165, 1.54) is 25.7 Å². The van der Waals surface area contributed by atoms with Crippen LogP contribution in [0.25, 0.3) is 0 Å². The summed E-state index contributed by atoms with van der Waals surface area (Å²) in [5.74, 6) is 0. The summed E-state index contributed by atoms with van der Waals surface area (Å²) in [5.41, 5.74) is 0. The van der Waals surface area contributed by atoms with Crippen LogP contribution in [0, 0.1) is 0 Å². The lowest BCUT2D eigenvalue weighted by Gasteiger charge is -2.37. The minimum Gasteiger partial charge on any atom is -0.325 e. The number of likely N-dealkylation sites (N-methyl/N-ethyl adjacent to an activating group) is 1. The molecule has 0 radical (unpaired) electrons. The summed E-state index contributed by atoms with van der Waals surface area (Å²) in [6, 6.07) is 0.773. The van der Waals surface area contributed by atoms with Crippen LogP contribution in [0.1, 0.15) is 39.0 Å². The van der Waals surface area contributed by atoms with Gasteiger partial charge in [-0.25, -0.2) is 4.79 Å². The first-order valence-corrected chi connectivity index (χ1v) is 7.08. The Balaban J connectivity index is 1.85. The third-order valence-corrected chi connectivity index (χ3v) is 3.81. The average Bonchev–Trinajstić information content (AvgIpc) is 2.40. The van der Waals surface area contributed by atoms with E-state index in [2.05, 4.69) is 12.2 Å². The highest BCUT2D eigenvalue weighted by molar-refractivity contribution is 5.74. The van der Waals surface area contributed by atoms with Crippen molar-refractivity contribution < 1.29 is 4.79 Å². The standard InChI is InChI=1S/C13H25N3O/c1-2-14-12-7-6-10-16(11-12)13(17)15-8-4-3-5-9-15/h12,14H,2-11H2,1H3. The van der Waals surface area contributed by atoms with Crippen LogP contribution >= 0.6 is 0 Å². The monoisotopic (exact) mass is 239 g/mol. The van der Waals surface area contributed by atoms with Gasteiger partial charge in [-0.15, -0.1) is 0 Å². The molecule has 0 bridgehead atoms. The Kier molecular flexibility index (Phi) is 4.66. The molecule has 0 aromatic heterocycles. The lowest BCUT2D eigenvalue weighted by Crippen LogP contribution is -2.53. The minimum absolute atomic E-state index is 0.271. The van der Waals surface area contributed by atoms with Gasteiger partial charge >= 0.3 is 6.03 Å². The van der Waals surface area contributed by atoms with Gasteiger partial charge in [0.15, 0.2) is 0 Å². The number of carbonyl (C=O) groups excluding carboxylic acids is 1. The van der Waals surface area contributed by atoms with E-state index in [4.69, 9.17) is 0 Å². The van der Waals surface area contributed by atoms with Crippen molar-refractivity contribution in [2.24, 2.45) is 0 Å². The predicted octanol–water partition coefficient (Wildman–Crippen LogP) is 1.67. The fourth-order valence-corrected chi connectivity index (χ4v) is 2.89. The first-order chi connectivity index (χ1) is 8.31. The maximum atomic E-state index is 12.3. The molecule has 2 aliphatic rings. The van der Waals surface area contributed by atoms with Crippen LogP contribution in [0.5, 0.6) is 0 Å². The van der Waals surface area contributed by atoms with Gasteiger partial charge in [-0.2, -0.15) is 0 Å². The molecule has 2 amide bonds. The second-order valence-corrected chi connectivity index (χ2v) is 5.17. The van der Waals surface area contributed by atoms with Crippen LogP contribution in [0.3, 0.4) is 0 Å². The largest absolute Gasteiger partial charge is 0.325 e. The minimum atomic E-state index is 0.271. The lowest BCUT2D eigenvalue weighted by molar-refractivity contribution is 0.127. The molecule has 1 N–H and O–H groups in total. The summed E-state index contributed by atoms with van der Waals surface area (Å²) in [4.78, 5) is 16.4. The number of hydrogen-bond donors (Lipinski definition) is 1. The summed E-state index contributed by atoms with van der Waals surface area (Å²) >= 11 is 0. The number of nitrogens with one attached hydrogen (secondary N) is 1. The SMILES string of the molecule is CCNC1CCCN(C(=O)N2CCCCC2)C1. The van der Waals surface area contributed by atoms with Crippen molar-refractivity contribution in [2.45, 2.75) is 45.1 Å². The lowest BCUT2D eigenvalue weighted by atomic mass is 10.1. The zero-order valence-electron chi connectivity index (χ0n) is 11.0. The van der Waals surface area contributed by atoms with E-state index in [1.54, 1.807) is 0 Å². The fourth-order valence-electron chi connectivity index (χ4n) is 2.89. The molecule has 2 fully saturated rings. The normalized spacial score (nSPS) is 26.1. The Bertz CT molecular complexity index is 249. The van der Waals surface area contributed by atoms with E-state index in [-0.39, 0.29) is 6.03 Å². The zero-order valence-corrected chi connectivity index (χ0v) is 11.0. The van der Waals surface area contributed by atoms with Crippen molar-refractivity contribution in [1.29, 1.82) is 0 Å². The fraction of sp³-hybridized carbons (Fsp3) is 0.923. The number of hydrogen-bond acceptors (Lipinski definition) is 2. The summed E-state index contributed by atoms with van der Waals surface area (Å²) < 4.78 is 0. The molecule has 0 spiro atoms. The number of rotatable bonds is 2. The van der Waals surface area contributed by atoms with Gasteiger partial charge in [0.1, 0.15) is 0 Å². The Labute approximate surface area is 104 Å². The van der Waals surface area contributed by atoms with Gasteiger partial charge in [-0.1, -0.05) is 6.92 Å². The van der Waals surface area contributed by atoms with Gasteiger partial charge in [0.25, 0.3) is 0 Å². The molecule has 4 heteroatoms.